The maximum absolute atomic E-state index is 3.79. The Bertz CT molecular complexity index is 59.9. The van der Waals surface area contributed by atoms with E-state index in [9.17, 15) is 0 Å². The van der Waals surface area contributed by atoms with E-state index in [4.69, 9.17) is 0 Å². The quantitative estimate of drug-likeness (QED) is 0.450. The standard InChI is InChI=1S/C4H8N2/c1-4-2-3-5-6-4/h3-4,6H,2H2,1H3/t4-/m0/s1. The lowest BCUT2D eigenvalue weighted by atomic mass is 10.3. The first kappa shape index (κ1) is 3.65. The SMILES string of the molecule is C[C@H]1CC=NN1. The van der Waals surface area contributed by atoms with Gasteiger partial charge in [-0.3, -0.25) is 0 Å². The van der Waals surface area contributed by atoms with Gasteiger partial charge in [-0.25, -0.2) is 0 Å². The molecule has 6 heavy (non-hydrogen) atoms. The second kappa shape index (κ2) is 1.29. The monoisotopic (exact) mass is 84.1 g/mol. The van der Waals surface area contributed by atoms with Crippen LogP contribution in [0.25, 0.3) is 0 Å². The molecule has 0 aliphatic carbocycles. The van der Waals surface area contributed by atoms with Gasteiger partial charge >= 0.3 is 0 Å². The summed E-state index contributed by atoms with van der Waals surface area (Å²) in [5.41, 5.74) is 2.89. The molecule has 2 nitrogen and oxygen atoms in total. The predicted octanol–water partition coefficient (Wildman–Crippen LogP) is 0.354. The summed E-state index contributed by atoms with van der Waals surface area (Å²) in [6, 6.07) is 0.574. The van der Waals surface area contributed by atoms with Crippen LogP contribution in [-0.2, 0) is 0 Å². The highest BCUT2D eigenvalue weighted by molar-refractivity contribution is 5.59. The number of hydrogen-bond acceptors (Lipinski definition) is 2. The minimum Gasteiger partial charge on any atom is -0.307 e. The molecule has 1 N–H and O–H groups in total. The van der Waals surface area contributed by atoms with Crippen molar-refractivity contribution in [3.05, 3.63) is 0 Å². The van der Waals surface area contributed by atoms with Gasteiger partial charge in [-0.05, 0) is 6.92 Å². The molecule has 0 radical (unpaired) electrons. The lowest BCUT2D eigenvalue weighted by molar-refractivity contribution is 0.636. The summed E-state index contributed by atoms with van der Waals surface area (Å²) in [6.45, 7) is 2.10. The van der Waals surface area contributed by atoms with Crippen LogP contribution in [0.1, 0.15) is 13.3 Å². The normalized spacial score (nSPS) is 30.5. The van der Waals surface area contributed by atoms with Crippen LogP contribution in [0.2, 0.25) is 0 Å². The van der Waals surface area contributed by atoms with Gasteiger partial charge in [-0.15, -0.1) is 0 Å². The van der Waals surface area contributed by atoms with Crippen molar-refractivity contribution in [2.24, 2.45) is 5.10 Å². The molecule has 1 aliphatic rings. The average molecular weight is 84.1 g/mol. The highest BCUT2D eigenvalue weighted by Gasteiger charge is 1.99. The molecule has 0 aromatic carbocycles. The number of hydrazone groups is 1. The molecule has 0 saturated carbocycles. The van der Waals surface area contributed by atoms with E-state index in [1.807, 2.05) is 6.21 Å². The van der Waals surface area contributed by atoms with Gasteiger partial charge in [-0.2, -0.15) is 5.10 Å². The van der Waals surface area contributed by atoms with Crippen LogP contribution in [0, 0.1) is 0 Å². The Labute approximate surface area is 37.2 Å². The Kier molecular flexibility index (Phi) is 0.783. The molecule has 1 heterocycles. The maximum Gasteiger partial charge on any atom is 0.0461 e. The molecule has 0 amide bonds. The summed E-state index contributed by atoms with van der Waals surface area (Å²) in [5, 5.41) is 3.79. The van der Waals surface area contributed by atoms with Crippen molar-refractivity contribution < 1.29 is 0 Å². The van der Waals surface area contributed by atoms with Crippen molar-refractivity contribution in [1.29, 1.82) is 0 Å². The van der Waals surface area contributed by atoms with Gasteiger partial charge in [0, 0.05) is 18.7 Å². The molecule has 1 atom stereocenters. The fourth-order valence-corrected chi connectivity index (χ4v) is 0.443. The third-order valence-electron chi connectivity index (χ3n) is 0.845. The van der Waals surface area contributed by atoms with E-state index in [0.29, 0.717) is 6.04 Å². The highest BCUT2D eigenvalue weighted by Crippen LogP contribution is 1.91. The van der Waals surface area contributed by atoms with Crippen molar-refractivity contribution >= 4 is 6.21 Å². The molecular weight excluding hydrogens is 76.1 g/mol. The van der Waals surface area contributed by atoms with Gasteiger partial charge in [0.2, 0.25) is 0 Å². The van der Waals surface area contributed by atoms with Gasteiger partial charge < -0.3 is 5.43 Å². The van der Waals surface area contributed by atoms with Gasteiger partial charge in [0.1, 0.15) is 0 Å². The van der Waals surface area contributed by atoms with Crippen molar-refractivity contribution in [2.75, 3.05) is 0 Å². The van der Waals surface area contributed by atoms with Crippen molar-refractivity contribution in [3.8, 4) is 0 Å². The van der Waals surface area contributed by atoms with Crippen LogP contribution in [0.4, 0.5) is 0 Å². The van der Waals surface area contributed by atoms with Crippen LogP contribution in [0.5, 0.6) is 0 Å². The Morgan fingerprint density at radius 2 is 2.83 bits per heavy atom. The minimum atomic E-state index is 0.574. The third kappa shape index (κ3) is 0.506. The van der Waals surface area contributed by atoms with Crippen molar-refractivity contribution in [1.82, 2.24) is 5.43 Å². The van der Waals surface area contributed by atoms with Gasteiger partial charge in [0.15, 0.2) is 0 Å². The number of nitrogens with zero attached hydrogens (tertiary/aromatic N) is 1. The van der Waals surface area contributed by atoms with E-state index in [1.165, 1.54) is 0 Å². The zero-order chi connectivity index (χ0) is 4.41. The summed E-state index contributed by atoms with van der Waals surface area (Å²) < 4.78 is 0. The molecule has 1 rings (SSSR count). The Balaban J connectivity index is 2.32. The number of nitrogens with one attached hydrogen (secondary N) is 1. The zero-order valence-electron chi connectivity index (χ0n) is 3.81. The molecule has 0 unspecified atom stereocenters. The molecule has 0 bridgehead atoms. The molecule has 1 aliphatic heterocycles. The van der Waals surface area contributed by atoms with Crippen LogP contribution < -0.4 is 5.43 Å². The highest BCUT2D eigenvalue weighted by atomic mass is 15.3. The molecule has 2 heteroatoms. The van der Waals surface area contributed by atoms with E-state index in [2.05, 4.69) is 17.5 Å². The van der Waals surface area contributed by atoms with E-state index < -0.39 is 0 Å². The van der Waals surface area contributed by atoms with Gasteiger partial charge in [-0.1, -0.05) is 0 Å². The minimum absolute atomic E-state index is 0.574. The fourth-order valence-electron chi connectivity index (χ4n) is 0.443. The summed E-state index contributed by atoms with van der Waals surface area (Å²) in [5.74, 6) is 0. The topological polar surface area (TPSA) is 24.4 Å². The van der Waals surface area contributed by atoms with E-state index in [1.54, 1.807) is 0 Å². The average Bonchev–Trinajstić information content (AvgIpc) is 1.86. The van der Waals surface area contributed by atoms with Gasteiger partial charge in [0.25, 0.3) is 0 Å². The van der Waals surface area contributed by atoms with Crippen molar-refractivity contribution in [3.63, 3.8) is 0 Å². The largest absolute Gasteiger partial charge is 0.307 e. The number of rotatable bonds is 0. The molecule has 0 saturated heterocycles. The van der Waals surface area contributed by atoms with Crippen LogP contribution in [0.15, 0.2) is 5.10 Å². The second-order valence-corrected chi connectivity index (χ2v) is 1.58. The van der Waals surface area contributed by atoms with Crippen LogP contribution >= 0.6 is 0 Å². The first-order valence-corrected chi connectivity index (χ1v) is 2.16. The Hall–Kier alpha value is -0.530. The summed E-state index contributed by atoms with van der Waals surface area (Å²) in [6.07, 6.45) is 2.98. The van der Waals surface area contributed by atoms with E-state index in [0.717, 1.165) is 6.42 Å². The molecule has 0 fully saturated rings. The first-order valence-electron chi connectivity index (χ1n) is 2.16. The van der Waals surface area contributed by atoms with Crippen molar-refractivity contribution in [2.45, 2.75) is 19.4 Å². The fraction of sp³-hybridized carbons (Fsp3) is 0.750. The molecule has 0 aromatic heterocycles. The molecule has 34 valence electrons. The summed E-state index contributed by atoms with van der Waals surface area (Å²) in [7, 11) is 0. The van der Waals surface area contributed by atoms with Gasteiger partial charge in [0.05, 0.1) is 0 Å². The summed E-state index contributed by atoms with van der Waals surface area (Å²) in [4.78, 5) is 0. The third-order valence-corrected chi connectivity index (χ3v) is 0.845. The molecule has 0 aromatic rings. The van der Waals surface area contributed by atoms with E-state index >= 15 is 0 Å². The lowest BCUT2D eigenvalue weighted by Crippen LogP contribution is -2.12. The Morgan fingerprint density at radius 3 is 3.00 bits per heavy atom. The number of hydrogen-bond donors (Lipinski definition) is 1. The predicted molar refractivity (Wildman–Crippen MR) is 25.7 cm³/mol. The molecule has 0 spiro atoms. The maximum atomic E-state index is 3.79. The van der Waals surface area contributed by atoms with E-state index in [-0.39, 0.29) is 0 Å². The second-order valence-electron chi connectivity index (χ2n) is 1.58. The first-order chi connectivity index (χ1) is 2.89. The lowest BCUT2D eigenvalue weighted by Gasteiger charge is -1.94. The zero-order valence-corrected chi connectivity index (χ0v) is 3.81. The smallest absolute Gasteiger partial charge is 0.0461 e. The Morgan fingerprint density at radius 1 is 2.00 bits per heavy atom. The molecular formula is C4H8N2. The van der Waals surface area contributed by atoms with Crippen LogP contribution in [0.3, 0.4) is 0 Å². The van der Waals surface area contributed by atoms with Crippen LogP contribution in [-0.4, -0.2) is 12.3 Å². The summed E-state index contributed by atoms with van der Waals surface area (Å²) >= 11 is 0.